The van der Waals surface area contributed by atoms with Gasteiger partial charge < -0.3 is 16.0 Å². The van der Waals surface area contributed by atoms with Crippen LogP contribution in [0.3, 0.4) is 0 Å². The fourth-order valence-electron chi connectivity index (χ4n) is 3.51. The molecule has 0 atom stereocenters. The van der Waals surface area contributed by atoms with Crippen LogP contribution in [0.2, 0.25) is 0 Å². The second kappa shape index (κ2) is 7.89. The van der Waals surface area contributed by atoms with E-state index >= 15 is 0 Å². The van der Waals surface area contributed by atoms with Gasteiger partial charge in [-0.1, -0.05) is 48.5 Å². The van der Waals surface area contributed by atoms with Gasteiger partial charge in [0, 0.05) is 35.1 Å². The topological polar surface area (TPSA) is 71.2 Å². The van der Waals surface area contributed by atoms with Gasteiger partial charge in [-0.15, -0.1) is 0 Å². The second-order valence-electron chi connectivity index (χ2n) is 7.39. The predicted molar refractivity (Wildman–Crippen MR) is 120 cm³/mol. The highest BCUT2D eigenvalue weighted by atomic mass is 16.1. The number of hydrogen-bond donors (Lipinski definition) is 2. The molecule has 0 aliphatic heterocycles. The second-order valence-corrected chi connectivity index (χ2v) is 7.39. The van der Waals surface area contributed by atoms with Crippen LogP contribution in [-0.2, 0) is 0 Å². The van der Waals surface area contributed by atoms with Crippen LogP contribution in [0.25, 0.3) is 32.9 Å². The first kappa shape index (κ1) is 18.9. The van der Waals surface area contributed by atoms with Gasteiger partial charge >= 0.3 is 0 Å². The van der Waals surface area contributed by atoms with E-state index in [1.165, 1.54) is 0 Å². The first-order chi connectivity index (χ1) is 14.0. The minimum Gasteiger partial charge on any atom is -0.399 e. The number of nitrogens with zero attached hydrogens (tertiary/aromatic N) is 2. The molecule has 0 saturated carbocycles. The lowest BCUT2D eigenvalue weighted by Crippen LogP contribution is -2.31. The Labute approximate surface area is 170 Å². The number of nitrogen functional groups attached to an aromatic ring is 1. The summed E-state index contributed by atoms with van der Waals surface area (Å²) >= 11 is 0. The number of benzene rings is 3. The fraction of sp³-hybridized carbons (Fsp3) is 0.167. The Morgan fingerprint density at radius 2 is 1.62 bits per heavy atom. The molecule has 29 heavy (non-hydrogen) atoms. The summed E-state index contributed by atoms with van der Waals surface area (Å²) in [5.74, 6) is -0.108. The number of nitrogens with two attached hydrogens (primary N) is 1. The summed E-state index contributed by atoms with van der Waals surface area (Å²) < 4.78 is 0. The van der Waals surface area contributed by atoms with Gasteiger partial charge in [0.2, 0.25) is 0 Å². The van der Waals surface area contributed by atoms with Crippen LogP contribution in [0.5, 0.6) is 0 Å². The number of para-hydroxylation sites is 1. The number of likely N-dealkylation sites (N-methyl/N-ethyl adjacent to an activating group) is 1. The molecule has 4 aromatic rings. The first-order valence-electron chi connectivity index (χ1n) is 9.65. The summed E-state index contributed by atoms with van der Waals surface area (Å²) in [6.07, 6.45) is 0. The summed E-state index contributed by atoms with van der Waals surface area (Å²) in [6, 6.07) is 21.6. The number of rotatable bonds is 5. The lowest BCUT2D eigenvalue weighted by molar-refractivity contribution is 0.0952. The highest BCUT2D eigenvalue weighted by molar-refractivity contribution is 6.16. The van der Waals surface area contributed by atoms with E-state index in [0.29, 0.717) is 23.3 Å². The quantitative estimate of drug-likeness (QED) is 0.404. The number of hydrogen-bond acceptors (Lipinski definition) is 4. The van der Waals surface area contributed by atoms with Gasteiger partial charge in [0.25, 0.3) is 5.91 Å². The third kappa shape index (κ3) is 3.77. The molecule has 1 heterocycles. The molecule has 0 aliphatic carbocycles. The normalized spacial score (nSPS) is 11.3. The number of nitrogens with one attached hydrogen (secondary N) is 1. The largest absolute Gasteiger partial charge is 0.399 e. The van der Waals surface area contributed by atoms with Crippen molar-refractivity contribution >= 4 is 33.3 Å². The molecule has 146 valence electrons. The van der Waals surface area contributed by atoms with E-state index in [0.717, 1.165) is 34.0 Å². The van der Waals surface area contributed by atoms with Gasteiger partial charge in [0.1, 0.15) is 0 Å². The van der Waals surface area contributed by atoms with Crippen molar-refractivity contribution in [2.45, 2.75) is 0 Å². The van der Waals surface area contributed by atoms with Crippen LogP contribution in [0.4, 0.5) is 5.69 Å². The molecule has 4 rings (SSSR count). The molecule has 3 N–H and O–H groups in total. The molecule has 5 heteroatoms. The average molecular weight is 384 g/mol. The number of carbonyl (C=O) groups is 1. The van der Waals surface area contributed by atoms with Crippen molar-refractivity contribution in [1.82, 2.24) is 15.2 Å². The molecule has 0 unspecified atom stereocenters. The number of fused-ring (bicyclic) bond motifs is 3. The highest BCUT2D eigenvalue weighted by Gasteiger charge is 2.16. The zero-order valence-electron chi connectivity index (χ0n) is 16.6. The first-order valence-corrected chi connectivity index (χ1v) is 9.65. The van der Waals surface area contributed by atoms with Crippen molar-refractivity contribution in [3.05, 3.63) is 72.3 Å². The van der Waals surface area contributed by atoms with Crippen LogP contribution in [0, 0.1) is 0 Å². The Morgan fingerprint density at radius 3 is 2.34 bits per heavy atom. The molecule has 1 amide bonds. The third-order valence-corrected chi connectivity index (χ3v) is 5.01. The number of carbonyl (C=O) groups excluding carboxylic acids is 1. The molecule has 0 bridgehead atoms. The molecular formula is C24H24N4O. The van der Waals surface area contributed by atoms with Crippen molar-refractivity contribution in [2.24, 2.45) is 0 Å². The minimum atomic E-state index is -0.108. The fourth-order valence-corrected chi connectivity index (χ4v) is 3.51. The van der Waals surface area contributed by atoms with E-state index in [2.05, 4.69) is 17.4 Å². The molecule has 0 saturated heterocycles. The Kier molecular flexibility index (Phi) is 5.14. The number of anilines is 1. The van der Waals surface area contributed by atoms with Crippen LogP contribution in [-0.4, -0.2) is 43.0 Å². The van der Waals surface area contributed by atoms with E-state index in [1.807, 2.05) is 73.6 Å². The zero-order valence-corrected chi connectivity index (χ0v) is 16.6. The molecular weight excluding hydrogens is 360 g/mol. The van der Waals surface area contributed by atoms with Gasteiger partial charge in [-0.3, -0.25) is 4.79 Å². The molecule has 0 spiro atoms. The van der Waals surface area contributed by atoms with Crippen LogP contribution in [0.1, 0.15) is 10.4 Å². The molecule has 0 fully saturated rings. The minimum absolute atomic E-state index is 0.108. The van der Waals surface area contributed by atoms with Crippen LogP contribution in [0.15, 0.2) is 66.7 Å². The Balaban J connectivity index is 1.89. The molecule has 0 radical (unpaired) electrons. The standard InChI is InChI=1S/C24H24N4O/c1-28(2)15-14-26-24(29)21-9-5-8-20-18-6-3-4-7-19(18)22(27-23(20)21)16-10-12-17(25)13-11-16/h3-13H,14-15,25H2,1-2H3,(H,26,29). The van der Waals surface area contributed by atoms with Crippen molar-refractivity contribution in [3.8, 4) is 11.3 Å². The summed E-state index contributed by atoms with van der Waals surface area (Å²) in [5.41, 5.74) is 9.69. The monoisotopic (exact) mass is 384 g/mol. The van der Waals surface area contributed by atoms with E-state index < -0.39 is 0 Å². The lowest BCUT2D eigenvalue weighted by Gasteiger charge is -2.14. The Bertz CT molecular complexity index is 1180. The van der Waals surface area contributed by atoms with E-state index in [-0.39, 0.29) is 5.91 Å². The Hall–Kier alpha value is -3.44. The Morgan fingerprint density at radius 1 is 0.931 bits per heavy atom. The summed E-state index contributed by atoms with van der Waals surface area (Å²) in [5, 5.41) is 6.10. The molecule has 0 aliphatic rings. The number of aromatic nitrogens is 1. The summed E-state index contributed by atoms with van der Waals surface area (Å²) in [6.45, 7) is 1.37. The number of amides is 1. The molecule has 5 nitrogen and oxygen atoms in total. The summed E-state index contributed by atoms with van der Waals surface area (Å²) in [7, 11) is 3.97. The SMILES string of the molecule is CN(C)CCNC(=O)c1cccc2c1nc(-c1ccc(N)cc1)c1ccccc12. The zero-order chi connectivity index (χ0) is 20.4. The van der Waals surface area contributed by atoms with Gasteiger partial charge in [-0.25, -0.2) is 4.98 Å². The third-order valence-electron chi connectivity index (χ3n) is 5.01. The van der Waals surface area contributed by atoms with Crippen molar-refractivity contribution < 1.29 is 4.79 Å². The van der Waals surface area contributed by atoms with Gasteiger partial charge in [-0.2, -0.15) is 0 Å². The van der Waals surface area contributed by atoms with E-state index in [1.54, 1.807) is 0 Å². The van der Waals surface area contributed by atoms with Crippen LogP contribution >= 0.6 is 0 Å². The smallest absolute Gasteiger partial charge is 0.253 e. The molecule has 1 aromatic heterocycles. The van der Waals surface area contributed by atoms with Gasteiger partial charge in [0.15, 0.2) is 0 Å². The highest BCUT2D eigenvalue weighted by Crippen LogP contribution is 2.33. The average Bonchev–Trinajstić information content (AvgIpc) is 2.73. The van der Waals surface area contributed by atoms with E-state index in [9.17, 15) is 4.79 Å². The summed E-state index contributed by atoms with van der Waals surface area (Å²) in [4.78, 5) is 19.9. The maximum atomic E-state index is 12.9. The van der Waals surface area contributed by atoms with Crippen LogP contribution < -0.4 is 11.1 Å². The predicted octanol–water partition coefficient (Wildman–Crippen LogP) is 3.93. The van der Waals surface area contributed by atoms with Gasteiger partial charge in [-0.05, 0) is 37.7 Å². The van der Waals surface area contributed by atoms with Crippen molar-refractivity contribution in [3.63, 3.8) is 0 Å². The maximum absolute atomic E-state index is 12.9. The van der Waals surface area contributed by atoms with E-state index in [4.69, 9.17) is 10.7 Å². The van der Waals surface area contributed by atoms with Crippen molar-refractivity contribution in [1.29, 1.82) is 0 Å². The molecule has 3 aromatic carbocycles. The maximum Gasteiger partial charge on any atom is 0.253 e. The lowest BCUT2D eigenvalue weighted by atomic mass is 9.98. The van der Waals surface area contributed by atoms with Crippen molar-refractivity contribution in [2.75, 3.05) is 32.9 Å². The number of pyridine rings is 1. The van der Waals surface area contributed by atoms with Gasteiger partial charge in [0.05, 0.1) is 16.8 Å².